The number of aromatic nitrogens is 2. The fourth-order valence-electron chi connectivity index (χ4n) is 4.94. The maximum atomic E-state index is 12.8. The van der Waals surface area contributed by atoms with Gasteiger partial charge >= 0.3 is 13.3 Å². The summed E-state index contributed by atoms with van der Waals surface area (Å²) in [6, 6.07) is 29.8. The Morgan fingerprint density at radius 3 is 1.93 bits per heavy atom. The smallest absolute Gasteiger partial charge is 0.443 e. The molecular formula is C40H43BF3N5O6. The van der Waals surface area contributed by atoms with Crippen LogP contribution in [0.2, 0.25) is 0 Å². The number of anilines is 2. The first-order chi connectivity index (χ1) is 26.6. The van der Waals surface area contributed by atoms with E-state index in [9.17, 15) is 27.8 Å². The molecule has 288 valence electrons. The molecule has 5 rings (SSSR count). The van der Waals surface area contributed by atoms with Crippen LogP contribution in [0.25, 0.3) is 11.3 Å². The van der Waals surface area contributed by atoms with E-state index in [0.717, 1.165) is 5.46 Å². The highest BCUT2D eigenvalue weighted by atomic mass is 19.4. The lowest BCUT2D eigenvalue weighted by Crippen LogP contribution is -2.42. The molecule has 1 aromatic heterocycles. The minimum Gasteiger partial charge on any atom is -0.443 e. The van der Waals surface area contributed by atoms with Gasteiger partial charge in [0, 0.05) is 41.5 Å². The number of benzene rings is 4. The molecule has 0 unspecified atom stereocenters. The Bertz CT molecular complexity index is 1920. The first kappa shape index (κ1) is 42.0. The molecule has 0 spiro atoms. The van der Waals surface area contributed by atoms with Crippen molar-refractivity contribution in [2.45, 2.75) is 26.6 Å². The van der Waals surface area contributed by atoms with Crippen LogP contribution >= 0.6 is 0 Å². The number of ether oxygens (including phenoxy) is 3. The maximum absolute atomic E-state index is 12.8. The van der Waals surface area contributed by atoms with Crippen molar-refractivity contribution in [1.82, 2.24) is 20.6 Å². The van der Waals surface area contributed by atoms with E-state index in [1.54, 1.807) is 54.6 Å². The van der Waals surface area contributed by atoms with E-state index in [-0.39, 0.29) is 30.7 Å². The van der Waals surface area contributed by atoms with Gasteiger partial charge in [-0.05, 0) is 59.5 Å². The molecule has 0 aliphatic rings. The number of carbonyl (C=O) groups excluding carboxylic acids is 2. The van der Waals surface area contributed by atoms with E-state index in [4.69, 9.17) is 9.47 Å². The van der Waals surface area contributed by atoms with Crippen LogP contribution in [-0.2, 0) is 9.47 Å². The lowest BCUT2D eigenvalue weighted by atomic mass is 9.56. The minimum atomic E-state index is -4.78. The SMILES string of the molecule is CCC.O=C(NCCOCCOCCNC(=O)c1cccc(-c2cc(Nc3ccc(OC(F)(F)F)cc3)ncn2)c1)c1ccc(B(O)c2ccccc2)cc1. The fourth-order valence-corrected chi connectivity index (χ4v) is 4.94. The van der Waals surface area contributed by atoms with Crippen LogP contribution in [0.3, 0.4) is 0 Å². The zero-order chi connectivity index (χ0) is 39.5. The number of hydrogen-bond acceptors (Lipinski definition) is 9. The molecule has 4 N–H and O–H groups in total. The summed E-state index contributed by atoms with van der Waals surface area (Å²) in [7, 11) is 0. The molecule has 0 saturated heterocycles. The predicted octanol–water partition coefficient (Wildman–Crippen LogP) is 5.49. The highest BCUT2D eigenvalue weighted by Gasteiger charge is 2.31. The molecule has 4 aromatic carbocycles. The zero-order valence-electron chi connectivity index (χ0n) is 30.5. The van der Waals surface area contributed by atoms with Gasteiger partial charge in [-0.1, -0.05) is 74.9 Å². The summed E-state index contributed by atoms with van der Waals surface area (Å²) in [6.45, 7) is 5.25. The largest absolute Gasteiger partial charge is 0.573 e. The highest BCUT2D eigenvalue weighted by Crippen LogP contribution is 2.26. The molecule has 11 nitrogen and oxygen atoms in total. The van der Waals surface area contributed by atoms with Gasteiger partial charge in [0.05, 0.1) is 32.1 Å². The lowest BCUT2D eigenvalue weighted by molar-refractivity contribution is -0.274. The summed E-state index contributed by atoms with van der Waals surface area (Å²) >= 11 is 0. The average Bonchev–Trinajstić information content (AvgIpc) is 3.19. The second kappa shape index (κ2) is 21.8. The topological polar surface area (TPSA) is 144 Å². The highest BCUT2D eigenvalue weighted by molar-refractivity contribution is 6.78. The fraction of sp³-hybridized carbons (Fsp3) is 0.250. The third kappa shape index (κ3) is 14.5. The van der Waals surface area contributed by atoms with Crippen molar-refractivity contribution in [2.24, 2.45) is 0 Å². The van der Waals surface area contributed by atoms with Crippen LogP contribution in [0, 0.1) is 0 Å². The van der Waals surface area contributed by atoms with Gasteiger partial charge in [0.15, 0.2) is 0 Å². The van der Waals surface area contributed by atoms with Crippen molar-refractivity contribution >= 4 is 41.2 Å². The molecule has 0 saturated carbocycles. The molecule has 5 aromatic rings. The standard InChI is InChI=1S/C37H35BF3N5O6.C3H8/c39-37(40,41)52-32-15-13-31(14-16-32)46-34-24-33(44-25-45-34)27-5-4-6-28(23-27)36(48)43-18-20-51-22-21-50-19-17-42-35(47)26-9-11-30(12-10-26)38(49)29-7-2-1-3-8-29;1-3-2/h1-16,23-25,49H,17-22H2,(H,42,47)(H,43,48)(H,44,45,46);3H2,1-2H3. The molecule has 0 radical (unpaired) electrons. The normalized spacial score (nSPS) is 10.8. The van der Waals surface area contributed by atoms with Crippen LogP contribution in [0.1, 0.15) is 41.0 Å². The average molecular weight is 758 g/mol. The number of nitrogens with one attached hydrogen (secondary N) is 3. The van der Waals surface area contributed by atoms with Crippen LogP contribution in [0.15, 0.2) is 116 Å². The first-order valence-electron chi connectivity index (χ1n) is 17.7. The zero-order valence-corrected chi connectivity index (χ0v) is 30.5. The van der Waals surface area contributed by atoms with Crippen molar-refractivity contribution in [2.75, 3.05) is 44.8 Å². The van der Waals surface area contributed by atoms with E-state index in [1.807, 2.05) is 30.3 Å². The molecule has 0 aliphatic heterocycles. The van der Waals surface area contributed by atoms with Gasteiger partial charge in [0.1, 0.15) is 17.9 Å². The van der Waals surface area contributed by atoms with Gasteiger partial charge in [-0.3, -0.25) is 9.59 Å². The van der Waals surface area contributed by atoms with Crippen molar-refractivity contribution in [1.29, 1.82) is 0 Å². The van der Waals surface area contributed by atoms with Gasteiger partial charge in [-0.25, -0.2) is 9.97 Å². The van der Waals surface area contributed by atoms with Crippen LogP contribution in [0.4, 0.5) is 24.7 Å². The number of carbonyl (C=O) groups is 2. The summed E-state index contributed by atoms with van der Waals surface area (Å²) in [5.41, 5.74) is 4.04. The molecule has 0 fully saturated rings. The molecule has 0 aliphatic carbocycles. The van der Waals surface area contributed by atoms with Crippen LogP contribution in [0.5, 0.6) is 5.75 Å². The maximum Gasteiger partial charge on any atom is 0.573 e. The van der Waals surface area contributed by atoms with E-state index in [0.29, 0.717) is 65.7 Å². The molecule has 2 amide bonds. The number of hydrogen-bond donors (Lipinski definition) is 4. The monoisotopic (exact) mass is 757 g/mol. The number of rotatable bonds is 17. The van der Waals surface area contributed by atoms with Gasteiger partial charge in [-0.2, -0.15) is 0 Å². The molecular weight excluding hydrogens is 714 g/mol. The molecule has 15 heteroatoms. The molecule has 0 bridgehead atoms. The van der Waals surface area contributed by atoms with Crippen LogP contribution < -0.4 is 31.6 Å². The third-order valence-corrected chi connectivity index (χ3v) is 7.49. The Labute approximate surface area is 318 Å². The Balaban J connectivity index is 0.00000217. The van der Waals surface area contributed by atoms with Gasteiger partial charge in [0.25, 0.3) is 11.8 Å². The van der Waals surface area contributed by atoms with E-state index in [2.05, 4.69) is 44.5 Å². The number of amides is 2. The second-order valence-electron chi connectivity index (χ2n) is 11.9. The van der Waals surface area contributed by atoms with E-state index in [1.165, 1.54) is 37.0 Å². The number of halogens is 3. The first-order valence-corrected chi connectivity index (χ1v) is 17.7. The molecule has 1 heterocycles. The summed E-state index contributed by atoms with van der Waals surface area (Å²) < 4.78 is 52.2. The Morgan fingerprint density at radius 2 is 1.31 bits per heavy atom. The number of nitrogens with zero attached hydrogens (tertiary/aromatic N) is 2. The van der Waals surface area contributed by atoms with E-state index >= 15 is 0 Å². The van der Waals surface area contributed by atoms with Gasteiger partial charge in [-0.15, -0.1) is 13.2 Å². The summed E-state index contributed by atoms with van der Waals surface area (Å²) in [4.78, 5) is 33.6. The van der Waals surface area contributed by atoms with E-state index < -0.39 is 13.3 Å². The lowest BCUT2D eigenvalue weighted by Gasteiger charge is -2.11. The summed E-state index contributed by atoms with van der Waals surface area (Å²) in [5, 5.41) is 19.1. The quantitative estimate of drug-likeness (QED) is 0.0715. The van der Waals surface area contributed by atoms with Crippen molar-refractivity contribution < 1.29 is 42.0 Å². The summed E-state index contributed by atoms with van der Waals surface area (Å²) in [5.74, 6) is -0.480. The molecule has 0 atom stereocenters. The Kier molecular flexibility index (Phi) is 16.7. The third-order valence-electron chi connectivity index (χ3n) is 7.49. The van der Waals surface area contributed by atoms with Crippen LogP contribution in [-0.4, -0.2) is 79.6 Å². The predicted molar refractivity (Wildman–Crippen MR) is 206 cm³/mol. The molecule has 55 heavy (non-hydrogen) atoms. The number of alkyl halides is 3. The summed E-state index contributed by atoms with van der Waals surface area (Å²) in [6.07, 6.45) is -2.19. The Morgan fingerprint density at radius 1 is 0.709 bits per heavy atom. The van der Waals surface area contributed by atoms with Gasteiger partial charge in [0.2, 0.25) is 0 Å². The van der Waals surface area contributed by atoms with Crippen molar-refractivity contribution in [3.63, 3.8) is 0 Å². The second-order valence-corrected chi connectivity index (χ2v) is 11.9. The minimum absolute atomic E-state index is 0.244. The van der Waals surface area contributed by atoms with Crippen molar-refractivity contribution in [3.8, 4) is 17.0 Å². The van der Waals surface area contributed by atoms with Gasteiger partial charge < -0.3 is 35.2 Å². The van der Waals surface area contributed by atoms with Crippen molar-refractivity contribution in [3.05, 3.63) is 127 Å². The Hall–Kier alpha value is -5.77.